The minimum absolute atomic E-state index is 0.297. The fraction of sp³-hybridized carbons (Fsp3) is 0.538. The highest BCUT2D eigenvalue weighted by atomic mass is 16.5. The second-order valence-corrected chi connectivity index (χ2v) is 3.99. The predicted octanol–water partition coefficient (Wildman–Crippen LogP) is 2.22. The molecule has 0 amide bonds. The number of nitrogens with one attached hydrogen (secondary N) is 1. The van der Waals surface area contributed by atoms with Crippen molar-refractivity contribution >= 4 is 0 Å². The average molecular weight is 221 g/mol. The number of benzene rings is 1. The number of rotatable bonds is 4. The number of ether oxygens (including phenoxy) is 2. The highest BCUT2D eigenvalue weighted by Crippen LogP contribution is 2.21. The molecule has 0 aromatic heterocycles. The Kier molecular flexibility index (Phi) is 4.05. The van der Waals surface area contributed by atoms with Gasteiger partial charge in [0.15, 0.2) is 0 Å². The van der Waals surface area contributed by atoms with Crippen molar-refractivity contribution in [1.29, 1.82) is 0 Å². The van der Waals surface area contributed by atoms with Gasteiger partial charge in [0.05, 0.1) is 6.61 Å². The molecule has 0 radical (unpaired) electrons. The molecule has 1 atom stereocenters. The van der Waals surface area contributed by atoms with Gasteiger partial charge in [-0.05, 0) is 38.4 Å². The van der Waals surface area contributed by atoms with Crippen LogP contribution in [0.5, 0.6) is 11.5 Å². The Morgan fingerprint density at radius 1 is 1.38 bits per heavy atom. The van der Waals surface area contributed by atoms with Gasteiger partial charge >= 0.3 is 0 Å². The third-order valence-electron chi connectivity index (χ3n) is 2.67. The third-order valence-corrected chi connectivity index (χ3v) is 2.67. The van der Waals surface area contributed by atoms with E-state index in [1.807, 2.05) is 31.2 Å². The van der Waals surface area contributed by atoms with E-state index in [-0.39, 0.29) is 0 Å². The molecular weight excluding hydrogens is 202 g/mol. The molecule has 0 aliphatic carbocycles. The summed E-state index contributed by atoms with van der Waals surface area (Å²) in [7, 11) is 0. The lowest BCUT2D eigenvalue weighted by Gasteiger charge is -2.24. The number of piperidine rings is 1. The van der Waals surface area contributed by atoms with Crippen LogP contribution < -0.4 is 14.8 Å². The maximum absolute atomic E-state index is 5.90. The molecule has 16 heavy (non-hydrogen) atoms. The normalized spacial score (nSPS) is 20.4. The number of hydrogen-bond acceptors (Lipinski definition) is 3. The van der Waals surface area contributed by atoms with E-state index in [9.17, 15) is 0 Å². The molecule has 2 rings (SSSR count). The van der Waals surface area contributed by atoms with Crippen molar-refractivity contribution in [2.24, 2.45) is 0 Å². The first-order valence-electron chi connectivity index (χ1n) is 5.98. The topological polar surface area (TPSA) is 30.5 Å². The number of hydrogen-bond donors (Lipinski definition) is 1. The van der Waals surface area contributed by atoms with Crippen LogP contribution in [0.1, 0.15) is 19.8 Å². The van der Waals surface area contributed by atoms with E-state index in [4.69, 9.17) is 9.47 Å². The van der Waals surface area contributed by atoms with Gasteiger partial charge in [-0.15, -0.1) is 0 Å². The van der Waals surface area contributed by atoms with Gasteiger partial charge in [-0.25, -0.2) is 0 Å². The summed E-state index contributed by atoms with van der Waals surface area (Å²) in [5.41, 5.74) is 0. The van der Waals surface area contributed by atoms with Gasteiger partial charge < -0.3 is 14.8 Å². The Balaban J connectivity index is 1.94. The zero-order valence-electron chi connectivity index (χ0n) is 9.74. The van der Waals surface area contributed by atoms with Crippen LogP contribution >= 0.6 is 0 Å². The van der Waals surface area contributed by atoms with Gasteiger partial charge in [-0.3, -0.25) is 0 Å². The van der Waals surface area contributed by atoms with Crippen molar-refractivity contribution < 1.29 is 9.47 Å². The van der Waals surface area contributed by atoms with E-state index in [2.05, 4.69) is 5.32 Å². The van der Waals surface area contributed by atoms with Gasteiger partial charge in [-0.1, -0.05) is 6.07 Å². The molecule has 1 aromatic carbocycles. The van der Waals surface area contributed by atoms with Gasteiger partial charge in [0, 0.05) is 12.6 Å². The van der Waals surface area contributed by atoms with E-state index in [0.717, 1.165) is 31.0 Å². The Hall–Kier alpha value is -1.22. The van der Waals surface area contributed by atoms with Crippen LogP contribution in [0.25, 0.3) is 0 Å². The first-order chi connectivity index (χ1) is 7.88. The zero-order chi connectivity index (χ0) is 11.2. The van der Waals surface area contributed by atoms with E-state index in [1.54, 1.807) is 0 Å². The fourth-order valence-corrected chi connectivity index (χ4v) is 1.92. The summed E-state index contributed by atoms with van der Waals surface area (Å²) in [5.74, 6) is 1.78. The van der Waals surface area contributed by atoms with Crippen molar-refractivity contribution in [2.45, 2.75) is 25.9 Å². The summed E-state index contributed by atoms with van der Waals surface area (Å²) >= 11 is 0. The van der Waals surface area contributed by atoms with Crippen LogP contribution in [0, 0.1) is 0 Å². The van der Waals surface area contributed by atoms with Crippen LogP contribution in [-0.4, -0.2) is 25.8 Å². The molecule has 1 aliphatic rings. The third kappa shape index (κ3) is 3.14. The SMILES string of the molecule is CCOc1cccc(O[C@@H]2CCCNC2)c1. The second-order valence-electron chi connectivity index (χ2n) is 3.99. The monoisotopic (exact) mass is 221 g/mol. The molecule has 1 aliphatic heterocycles. The van der Waals surface area contributed by atoms with Crippen LogP contribution in [0.4, 0.5) is 0 Å². The van der Waals surface area contributed by atoms with Crippen molar-refractivity contribution in [3.8, 4) is 11.5 Å². The van der Waals surface area contributed by atoms with E-state index in [1.165, 1.54) is 6.42 Å². The highest BCUT2D eigenvalue weighted by Gasteiger charge is 2.14. The standard InChI is InChI=1S/C13H19NO2/c1-2-15-11-5-3-6-12(9-11)16-13-7-4-8-14-10-13/h3,5-6,9,13-14H,2,4,7-8,10H2,1H3/t13-/m1/s1. The predicted molar refractivity (Wildman–Crippen MR) is 64.1 cm³/mol. The van der Waals surface area contributed by atoms with Crippen LogP contribution in [0.15, 0.2) is 24.3 Å². The van der Waals surface area contributed by atoms with E-state index < -0.39 is 0 Å². The summed E-state index contributed by atoms with van der Waals surface area (Å²) in [6, 6.07) is 7.86. The molecular formula is C13H19NO2. The Morgan fingerprint density at radius 2 is 2.25 bits per heavy atom. The molecule has 0 spiro atoms. The summed E-state index contributed by atoms with van der Waals surface area (Å²) in [4.78, 5) is 0. The molecule has 1 fully saturated rings. The smallest absolute Gasteiger partial charge is 0.123 e. The Labute approximate surface area is 96.8 Å². The molecule has 0 saturated carbocycles. The van der Waals surface area contributed by atoms with Crippen molar-refractivity contribution in [1.82, 2.24) is 5.32 Å². The minimum Gasteiger partial charge on any atom is -0.494 e. The molecule has 3 heteroatoms. The van der Waals surface area contributed by atoms with Gasteiger partial charge in [0.1, 0.15) is 17.6 Å². The molecule has 1 saturated heterocycles. The first-order valence-corrected chi connectivity index (χ1v) is 5.98. The summed E-state index contributed by atoms with van der Waals surface area (Å²) < 4.78 is 11.3. The van der Waals surface area contributed by atoms with Crippen LogP contribution in [-0.2, 0) is 0 Å². The fourth-order valence-electron chi connectivity index (χ4n) is 1.92. The Bertz CT molecular complexity index is 321. The molecule has 1 N–H and O–H groups in total. The lowest BCUT2D eigenvalue weighted by Crippen LogP contribution is -2.37. The first kappa shape index (κ1) is 11.3. The molecule has 0 unspecified atom stereocenters. The summed E-state index contributed by atoms with van der Waals surface area (Å²) in [6.45, 7) is 4.73. The largest absolute Gasteiger partial charge is 0.494 e. The molecule has 0 bridgehead atoms. The van der Waals surface area contributed by atoms with Crippen molar-refractivity contribution in [3.05, 3.63) is 24.3 Å². The second kappa shape index (κ2) is 5.75. The van der Waals surface area contributed by atoms with Gasteiger partial charge in [-0.2, -0.15) is 0 Å². The zero-order valence-corrected chi connectivity index (χ0v) is 9.74. The van der Waals surface area contributed by atoms with Crippen molar-refractivity contribution in [2.75, 3.05) is 19.7 Å². The quantitative estimate of drug-likeness (QED) is 0.845. The van der Waals surface area contributed by atoms with Gasteiger partial charge in [0.2, 0.25) is 0 Å². The summed E-state index contributed by atoms with van der Waals surface area (Å²) in [6.07, 6.45) is 2.62. The van der Waals surface area contributed by atoms with Crippen molar-refractivity contribution in [3.63, 3.8) is 0 Å². The lowest BCUT2D eigenvalue weighted by molar-refractivity contribution is 0.166. The highest BCUT2D eigenvalue weighted by molar-refractivity contribution is 5.33. The molecule has 1 heterocycles. The maximum Gasteiger partial charge on any atom is 0.123 e. The molecule has 1 aromatic rings. The van der Waals surface area contributed by atoms with Crippen LogP contribution in [0.3, 0.4) is 0 Å². The minimum atomic E-state index is 0.297. The lowest BCUT2D eigenvalue weighted by atomic mass is 10.1. The molecule has 3 nitrogen and oxygen atoms in total. The van der Waals surface area contributed by atoms with E-state index >= 15 is 0 Å². The van der Waals surface area contributed by atoms with Crippen LogP contribution in [0.2, 0.25) is 0 Å². The van der Waals surface area contributed by atoms with Gasteiger partial charge in [0.25, 0.3) is 0 Å². The summed E-state index contributed by atoms with van der Waals surface area (Å²) in [5, 5.41) is 3.34. The van der Waals surface area contributed by atoms with E-state index in [0.29, 0.717) is 12.7 Å². The molecule has 88 valence electrons. The average Bonchev–Trinajstić information content (AvgIpc) is 2.31. The maximum atomic E-state index is 5.90. The Morgan fingerprint density at radius 3 is 3.00 bits per heavy atom.